The van der Waals surface area contributed by atoms with Crippen LogP contribution in [0.5, 0.6) is 0 Å². The third-order valence-electron chi connectivity index (χ3n) is 3.89. The Morgan fingerprint density at radius 2 is 1.78 bits per heavy atom. The van der Waals surface area contributed by atoms with Gasteiger partial charge < -0.3 is 11.1 Å². The number of anilines is 1. The molecule has 0 saturated heterocycles. The number of nitrogens with two attached hydrogens (primary N) is 1. The number of benzene rings is 2. The minimum Gasteiger partial charge on any atom is -0.399 e. The Morgan fingerprint density at radius 1 is 1.13 bits per heavy atom. The minimum atomic E-state index is -0.0205. The molecule has 0 fully saturated rings. The van der Waals surface area contributed by atoms with Gasteiger partial charge in [-0.2, -0.15) is 0 Å². The van der Waals surface area contributed by atoms with Gasteiger partial charge >= 0.3 is 0 Å². The SMILES string of the molecule is CC(C)C(NC(=O)CCc1ccccc1N)c1ccc(Cl)cc1. The third-order valence-corrected chi connectivity index (χ3v) is 4.14. The molecule has 0 aliphatic heterocycles. The summed E-state index contributed by atoms with van der Waals surface area (Å²) in [6.45, 7) is 4.18. The van der Waals surface area contributed by atoms with E-state index in [9.17, 15) is 4.79 Å². The lowest BCUT2D eigenvalue weighted by Gasteiger charge is -2.23. The van der Waals surface area contributed by atoms with Gasteiger partial charge in [-0.05, 0) is 41.7 Å². The van der Waals surface area contributed by atoms with Crippen molar-refractivity contribution in [1.82, 2.24) is 5.32 Å². The standard InChI is InChI=1S/C19H23ClN2O/c1-13(2)19(15-7-10-16(20)11-8-15)22-18(23)12-9-14-5-3-4-6-17(14)21/h3-8,10-11,13,19H,9,12,21H2,1-2H3,(H,22,23). The Bertz CT molecular complexity index is 653. The number of hydrogen-bond acceptors (Lipinski definition) is 2. The normalized spacial score (nSPS) is 12.2. The van der Waals surface area contributed by atoms with Gasteiger partial charge in [-0.25, -0.2) is 0 Å². The van der Waals surface area contributed by atoms with E-state index < -0.39 is 0 Å². The molecule has 0 radical (unpaired) electrons. The fourth-order valence-corrected chi connectivity index (χ4v) is 2.69. The van der Waals surface area contributed by atoms with E-state index in [1.54, 1.807) is 0 Å². The summed E-state index contributed by atoms with van der Waals surface area (Å²) in [6.07, 6.45) is 1.06. The zero-order chi connectivity index (χ0) is 16.8. The lowest BCUT2D eigenvalue weighted by molar-refractivity contribution is -0.122. The first-order valence-electron chi connectivity index (χ1n) is 7.85. The summed E-state index contributed by atoms with van der Waals surface area (Å²) >= 11 is 5.93. The van der Waals surface area contributed by atoms with Crippen molar-refractivity contribution in [2.24, 2.45) is 5.92 Å². The molecule has 2 aromatic rings. The predicted molar refractivity (Wildman–Crippen MR) is 96.3 cm³/mol. The van der Waals surface area contributed by atoms with Crippen molar-refractivity contribution in [2.75, 3.05) is 5.73 Å². The van der Waals surface area contributed by atoms with Gasteiger partial charge in [0.1, 0.15) is 0 Å². The van der Waals surface area contributed by atoms with E-state index in [1.165, 1.54) is 0 Å². The maximum atomic E-state index is 12.3. The van der Waals surface area contributed by atoms with Crippen molar-refractivity contribution >= 4 is 23.2 Å². The van der Waals surface area contributed by atoms with Gasteiger partial charge in [0.15, 0.2) is 0 Å². The lowest BCUT2D eigenvalue weighted by Crippen LogP contribution is -2.31. The first kappa shape index (κ1) is 17.4. The van der Waals surface area contributed by atoms with Gasteiger partial charge in [0.05, 0.1) is 6.04 Å². The average molecular weight is 331 g/mol. The topological polar surface area (TPSA) is 55.1 Å². The fourth-order valence-electron chi connectivity index (χ4n) is 2.56. The van der Waals surface area contributed by atoms with Crippen LogP contribution in [0, 0.1) is 5.92 Å². The molecule has 2 aromatic carbocycles. The summed E-state index contributed by atoms with van der Waals surface area (Å²) in [5.41, 5.74) is 8.73. The fraction of sp³-hybridized carbons (Fsp3) is 0.316. The molecule has 122 valence electrons. The quantitative estimate of drug-likeness (QED) is 0.773. The molecular formula is C19H23ClN2O. The van der Waals surface area contributed by atoms with Crippen molar-refractivity contribution in [3.8, 4) is 0 Å². The number of aryl methyl sites for hydroxylation is 1. The van der Waals surface area contributed by atoms with Crippen LogP contribution in [0.3, 0.4) is 0 Å². The van der Waals surface area contributed by atoms with E-state index in [-0.39, 0.29) is 11.9 Å². The van der Waals surface area contributed by atoms with Crippen LogP contribution in [-0.2, 0) is 11.2 Å². The molecule has 3 N–H and O–H groups in total. The number of nitrogens with one attached hydrogen (secondary N) is 1. The number of halogens is 1. The molecule has 0 aromatic heterocycles. The van der Waals surface area contributed by atoms with Crippen LogP contribution >= 0.6 is 11.6 Å². The molecule has 0 aliphatic rings. The number of carbonyl (C=O) groups is 1. The number of para-hydroxylation sites is 1. The van der Waals surface area contributed by atoms with E-state index >= 15 is 0 Å². The van der Waals surface area contributed by atoms with Crippen LogP contribution in [0.4, 0.5) is 5.69 Å². The first-order valence-corrected chi connectivity index (χ1v) is 8.23. The second-order valence-electron chi connectivity index (χ2n) is 6.04. The first-order chi connectivity index (χ1) is 11.0. The van der Waals surface area contributed by atoms with Crippen molar-refractivity contribution in [1.29, 1.82) is 0 Å². The Kier molecular flexibility index (Phi) is 6.05. The summed E-state index contributed by atoms with van der Waals surface area (Å²) in [6, 6.07) is 15.3. The van der Waals surface area contributed by atoms with Crippen molar-refractivity contribution in [3.63, 3.8) is 0 Å². The predicted octanol–water partition coefficient (Wildman–Crippen LogP) is 4.37. The number of hydrogen-bond donors (Lipinski definition) is 2. The van der Waals surface area contributed by atoms with Crippen LogP contribution in [0.2, 0.25) is 5.02 Å². The number of carbonyl (C=O) groups excluding carboxylic acids is 1. The van der Waals surface area contributed by atoms with Gasteiger partial charge in [-0.15, -0.1) is 0 Å². The van der Waals surface area contributed by atoms with Gasteiger partial charge in [0.2, 0.25) is 5.91 Å². The molecule has 1 unspecified atom stereocenters. The van der Waals surface area contributed by atoms with Gasteiger partial charge in [-0.3, -0.25) is 4.79 Å². The average Bonchev–Trinajstić information content (AvgIpc) is 2.52. The van der Waals surface area contributed by atoms with E-state index in [2.05, 4.69) is 19.2 Å². The minimum absolute atomic E-state index is 0.0205. The zero-order valence-electron chi connectivity index (χ0n) is 13.6. The Labute approximate surface area is 142 Å². The summed E-state index contributed by atoms with van der Waals surface area (Å²) < 4.78 is 0. The van der Waals surface area contributed by atoms with E-state index in [0.717, 1.165) is 16.8 Å². The second kappa shape index (κ2) is 8.02. The number of nitrogen functional groups attached to an aromatic ring is 1. The largest absolute Gasteiger partial charge is 0.399 e. The van der Waals surface area contributed by atoms with E-state index in [1.807, 2.05) is 48.5 Å². The molecule has 1 atom stereocenters. The molecule has 0 saturated carbocycles. The Hall–Kier alpha value is -2.00. The van der Waals surface area contributed by atoms with Gasteiger partial charge in [0, 0.05) is 17.1 Å². The number of rotatable bonds is 6. The molecule has 3 nitrogen and oxygen atoms in total. The maximum Gasteiger partial charge on any atom is 0.220 e. The molecule has 4 heteroatoms. The van der Waals surface area contributed by atoms with Crippen molar-refractivity contribution in [3.05, 3.63) is 64.7 Å². The molecule has 0 spiro atoms. The highest BCUT2D eigenvalue weighted by molar-refractivity contribution is 6.30. The van der Waals surface area contributed by atoms with Crippen LogP contribution in [0.25, 0.3) is 0 Å². The van der Waals surface area contributed by atoms with Crippen LogP contribution < -0.4 is 11.1 Å². The highest BCUT2D eigenvalue weighted by Gasteiger charge is 2.18. The number of amides is 1. The Balaban J connectivity index is 1.98. The van der Waals surface area contributed by atoms with E-state index in [4.69, 9.17) is 17.3 Å². The molecule has 1 amide bonds. The third kappa shape index (κ3) is 5.00. The highest BCUT2D eigenvalue weighted by atomic mass is 35.5. The molecule has 0 heterocycles. The molecule has 23 heavy (non-hydrogen) atoms. The van der Waals surface area contributed by atoms with Crippen LogP contribution in [0.15, 0.2) is 48.5 Å². The Morgan fingerprint density at radius 3 is 2.39 bits per heavy atom. The van der Waals surface area contributed by atoms with Crippen LogP contribution in [-0.4, -0.2) is 5.91 Å². The molecule has 0 bridgehead atoms. The summed E-state index contributed by atoms with van der Waals surface area (Å²) in [5.74, 6) is 0.323. The molecule has 2 rings (SSSR count). The monoisotopic (exact) mass is 330 g/mol. The van der Waals surface area contributed by atoms with Gasteiger partial charge in [-0.1, -0.05) is 55.8 Å². The molecule has 0 aliphatic carbocycles. The highest BCUT2D eigenvalue weighted by Crippen LogP contribution is 2.23. The maximum absolute atomic E-state index is 12.3. The van der Waals surface area contributed by atoms with Crippen LogP contribution in [0.1, 0.15) is 37.4 Å². The van der Waals surface area contributed by atoms with Gasteiger partial charge in [0.25, 0.3) is 0 Å². The van der Waals surface area contributed by atoms with E-state index in [0.29, 0.717) is 23.8 Å². The summed E-state index contributed by atoms with van der Waals surface area (Å²) in [4.78, 5) is 12.3. The molecular weight excluding hydrogens is 308 g/mol. The second-order valence-corrected chi connectivity index (χ2v) is 6.48. The zero-order valence-corrected chi connectivity index (χ0v) is 14.3. The summed E-state index contributed by atoms with van der Waals surface area (Å²) in [5, 5.41) is 3.82. The smallest absolute Gasteiger partial charge is 0.220 e. The van der Waals surface area contributed by atoms with Crippen molar-refractivity contribution in [2.45, 2.75) is 32.7 Å². The van der Waals surface area contributed by atoms with Crippen molar-refractivity contribution < 1.29 is 4.79 Å². The summed E-state index contributed by atoms with van der Waals surface area (Å²) in [7, 11) is 0. The lowest BCUT2D eigenvalue weighted by atomic mass is 9.95.